The first-order chi connectivity index (χ1) is 22.0. The smallest absolute Gasteiger partial charge is 0.454 e. The van der Waals surface area contributed by atoms with Crippen molar-refractivity contribution in [3.8, 4) is 11.5 Å². The van der Waals surface area contributed by atoms with Crippen molar-refractivity contribution in [2.45, 2.75) is 74.1 Å². The van der Waals surface area contributed by atoms with Gasteiger partial charge in [-0.15, -0.1) is 0 Å². The molecule has 1 saturated carbocycles. The number of rotatable bonds is 13. The Balaban J connectivity index is 1.30. The van der Waals surface area contributed by atoms with Crippen LogP contribution in [0.4, 0.5) is 4.79 Å². The van der Waals surface area contributed by atoms with Gasteiger partial charge in [0.1, 0.15) is 12.2 Å². The molecule has 17 heteroatoms. The number of ether oxygens (including phenoxy) is 5. The number of amides is 1. The number of hydrogen-bond acceptors (Lipinski definition) is 11. The van der Waals surface area contributed by atoms with Crippen LogP contribution in [0.1, 0.15) is 37.7 Å². The van der Waals surface area contributed by atoms with Crippen LogP contribution < -0.4 is 14.8 Å². The second-order valence-corrected chi connectivity index (χ2v) is 14.6. The molecular formula is C29H37N2O13PS. The van der Waals surface area contributed by atoms with Crippen LogP contribution in [0, 0.1) is 5.92 Å². The largest absolute Gasteiger partial charge is 0.469 e. The maximum Gasteiger partial charge on any atom is 0.469 e. The fourth-order valence-electron chi connectivity index (χ4n) is 6.08. The summed E-state index contributed by atoms with van der Waals surface area (Å²) in [4.78, 5) is 39.0. The van der Waals surface area contributed by atoms with Crippen LogP contribution >= 0.6 is 7.82 Å². The predicted molar refractivity (Wildman–Crippen MR) is 158 cm³/mol. The van der Waals surface area contributed by atoms with Crippen molar-refractivity contribution in [3.63, 3.8) is 0 Å². The molecule has 15 nitrogen and oxygen atoms in total. The van der Waals surface area contributed by atoms with Gasteiger partial charge in [-0.25, -0.2) is 17.8 Å². The number of phosphoric ester groups is 1. The fourth-order valence-corrected chi connectivity index (χ4v) is 7.96. The molecule has 2 aromatic carbocycles. The van der Waals surface area contributed by atoms with E-state index >= 15 is 0 Å². The Bertz CT molecular complexity index is 1520. The zero-order valence-corrected chi connectivity index (χ0v) is 26.6. The molecule has 3 heterocycles. The topological polar surface area (TPSA) is 189 Å². The molecule has 4 aliphatic rings. The molecule has 3 N–H and O–H groups in total. The third-order valence-corrected chi connectivity index (χ3v) is 10.5. The van der Waals surface area contributed by atoms with Gasteiger partial charge in [-0.2, -0.15) is 0 Å². The molecule has 1 unspecified atom stereocenters. The van der Waals surface area contributed by atoms with E-state index in [1.54, 1.807) is 30.3 Å². The van der Waals surface area contributed by atoms with Crippen LogP contribution in [0.15, 0.2) is 53.4 Å². The van der Waals surface area contributed by atoms with Gasteiger partial charge in [0.25, 0.3) is 10.0 Å². The predicted octanol–water partition coefficient (Wildman–Crippen LogP) is 2.86. The number of sulfonamides is 1. The third kappa shape index (κ3) is 8.01. The van der Waals surface area contributed by atoms with Gasteiger partial charge in [-0.05, 0) is 43.4 Å². The number of phosphoric acid groups is 1. The lowest BCUT2D eigenvalue weighted by Gasteiger charge is -2.33. The van der Waals surface area contributed by atoms with E-state index in [0.717, 1.165) is 12.8 Å². The molecule has 1 aliphatic carbocycles. The van der Waals surface area contributed by atoms with Gasteiger partial charge < -0.3 is 38.8 Å². The summed E-state index contributed by atoms with van der Waals surface area (Å²) in [6, 6.07) is 11.7. The molecule has 252 valence electrons. The number of fused-ring (bicyclic) bond motifs is 2. The first-order valence-corrected chi connectivity index (χ1v) is 18.1. The van der Waals surface area contributed by atoms with Crippen LogP contribution in [0.3, 0.4) is 0 Å². The van der Waals surface area contributed by atoms with Crippen LogP contribution in [0.5, 0.6) is 11.5 Å². The lowest BCUT2D eigenvalue weighted by atomic mass is 10.0. The molecule has 46 heavy (non-hydrogen) atoms. The Morgan fingerprint density at radius 1 is 1.04 bits per heavy atom. The SMILES string of the molecule is O=C(N[C@@H](Cc1ccccc1)[C@@H](CN(OC1CCCC1)S(=O)(=O)c1ccc2c(c1)OCO2)OP(=O)(O)O)OC1CO[C@H]2OCC[C@@H]12. The van der Waals surface area contributed by atoms with E-state index in [2.05, 4.69) is 5.32 Å². The van der Waals surface area contributed by atoms with E-state index in [4.69, 9.17) is 33.0 Å². The van der Waals surface area contributed by atoms with Gasteiger partial charge in [0.15, 0.2) is 17.8 Å². The second kappa shape index (κ2) is 14.1. The number of carbonyl (C=O) groups excluding carboxylic acids is 1. The minimum Gasteiger partial charge on any atom is -0.454 e. The van der Waals surface area contributed by atoms with Crippen molar-refractivity contribution in [2.75, 3.05) is 26.6 Å². The monoisotopic (exact) mass is 684 g/mol. The minimum absolute atomic E-state index is 0.0122. The number of carbonyl (C=O) groups is 1. The van der Waals surface area contributed by atoms with Gasteiger partial charge in [-0.1, -0.05) is 47.6 Å². The molecule has 2 aromatic rings. The maximum atomic E-state index is 14.1. The second-order valence-electron chi connectivity index (χ2n) is 11.6. The summed E-state index contributed by atoms with van der Waals surface area (Å²) in [5, 5.41) is 2.68. The van der Waals surface area contributed by atoms with Crippen molar-refractivity contribution in [1.82, 2.24) is 9.79 Å². The fraction of sp³-hybridized carbons (Fsp3) is 0.552. The minimum atomic E-state index is -5.24. The van der Waals surface area contributed by atoms with E-state index in [0.29, 0.717) is 41.7 Å². The molecule has 5 atom stereocenters. The van der Waals surface area contributed by atoms with E-state index in [1.807, 2.05) is 0 Å². The summed E-state index contributed by atoms with van der Waals surface area (Å²) in [6.07, 6.45) is -0.526. The number of nitrogens with zero attached hydrogens (tertiary/aromatic N) is 1. The highest BCUT2D eigenvalue weighted by Gasteiger charge is 2.45. The van der Waals surface area contributed by atoms with Gasteiger partial charge in [0.2, 0.25) is 6.79 Å². The number of benzene rings is 2. The number of hydroxylamine groups is 1. The summed E-state index contributed by atoms with van der Waals surface area (Å²) in [5.74, 6) is 0.448. The van der Waals surface area contributed by atoms with Crippen molar-refractivity contribution in [2.24, 2.45) is 5.92 Å². The standard InChI is InChI=1S/C29H37N2O13PS/c32-29(42-27-17-39-28-22(27)12-13-38-28)30-23(14-19-6-2-1-3-7-19)26(44-45(33,34)35)16-31(43-20-8-4-5-9-20)46(36,37)21-10-11-24-25(15-21)41-18-40-24/h1-3,6-7,10-11,15,20,22-23,26-28H,4-5,8-9,12-14,16-18H2,(H,30,32)(H2,33,34,35)/t22-,23-,26+,27?,28+/m0/s1. The lowest BCUT2D eigenvalue weighted by molar-refractivity contribution is -0.144. The Morgan fingerprint density at radius 2 is 1.80 bits per heavy atom. The number of nitrogens with one attached hydrogen (secondary N) is 1. The molecule has 0 spiro atoms. The van der Waals surface area contributed by atoms with E-state index in [9.17, 15) is 27.6 Å². The Kier molecular flexibility index (Phi) is 10.2. The summed E-state index contributed by atoms with van der Waals surface area (Å²) < 4.78 is 73.8. The quantitative estimate of drug-likeness (QED) is 0.207. The first-order valence-electron chi connectivity index (χ1n) is 15.1. The normalized spacial score (nSPS) is 24.2. The van der Waals surface area contributed by atoms with Crippen LogP contribution in [0.25, 0.3) is 0 Å². The van der Waals surface area contributed by atoms with Crippen molar-refractivity contribution in [1.29, 1.82) is 0 Å². The van der Waals surface area contributed by atoms with Gasteiger partial charge in [0.05, 0.1) is 42.7 Å². The summed E-state index contributed by atoms with van der Waals surface area (Å²) in [5.41, 5.74) is 0.683. The average molecular weight is 685 g/mol. The van der Waals surface area contributed by atoms with E-state index in [1.165, 1.54) is 18.2 Å². The zero-order valence-electron chi connectivity index (χ0n) is 24.8. The third-order valence-electron chi connectivity index (χ3n) is 8.37. The highest BCUT2D eigenvalue weighted by atomic mass is 32.2. The first kappa shape index (κ1) is 33.1. The molecule has 0 bridgehead atoms. The Labute approximate surface area is 266 Å². The van der Waals surface area contributed by atoms with Crippen molar-refractivity contribution in [3.05, 3.63) is 54.1 Å². The highest BCUT2D eigenvalue weighted by Crippen LogP contribution is 2.40. The molecule has 3 fully saturated rings. The molecule has 0 aromatic heterocycles. The zero-order chi connectivity index (χ0) is 32.3. The molecule has 3 aliphatic heterocycles. The average Bonchev–Trinajstić information content (AvgIpc) is 3.83. The maximum absolute atomic E-state index is 14.1. The van der Waals surface area contributed by atoms with Gasteiger partial charge in [-0.3, -0.25) is 9.36 Å². The van der Waals surface area contributed by atoms with Crippen molar-refractivity contribution >= 4 is 23.9 Å². The van der Waals surface area contributed by atoms with Crippen molar-refractivity contribution < 1.29 is 60.6 Å². The molecule has 2 saturated heterocycles. The summed E-state index contributed by atoms with van der Waals surface area (Å²) in [6.45, 7) is -0.142. The molecule has 1 amide bonds. The molecular weight excluding hydrogens is 647 g/mol. The molecule has 6 rings (SSSR count). The summed E-state index contributed by atoms with van der Waals surface area (Å²) >= 11 is 0. The Hall–Kier alpha value is -2.79. The molecule has 0 radical (unpaired) electrons. The lowest BCUT2D eigenvalue weighted by Crippen LogP contribution is -2.52. The summed E-state index contributed by atoms with van der Waals surface area (Å²) in [7, 11) is -9.69. The Morgan fingerprint density at radius 3 is 2.57 bits per heavy atom. The van der Waals surface area contributed by atoms with Gasteiger partial charge >= 0.3 is 13.9 Å². The van der Waals surface area contributed by atoms with Crippen LogP contribution in [-0.4, -0.2) is 86.0 Å². The highest BCUT2D eigenvalue weighted by molar-refractivity contribution is 7.89. The van der Waals surface area contributed by atoms with Gasteiger partial charge in [0, 0.05) is 6.07 Å². The number of hydrogen-bond donors (Lipinski definition) is 3. The number of alkyl carbamates (subject to hydrolysis) is 1. The van der Waals surface area contributed by atoms with E-state index < -0.39 is 61.1 Å². The van der Waals surface area contributed by atoms with Crippen LogP contribution in [0.2, 0.25) is 0 Å². The van der Waals surface area contributed by atoms with Crippen LogP contribution in [-0.2, 0) is 44.6 Å². The van der Waals surface area contributed by atoms with E-state index in [-0.39, 0.29) is 36.4 Å².